The number of benzene rings is 2. The molecule has 2 aromatic rings. The molecular weight excluding hydrogens is 370 g/mol. The van der Waals surface area contributed by atoms with Gasteiger partial charge in [-0.3, -0.25) is 9.59 Å². The smallest absolute Gasteiger partial charge is 0.335 e. The molecule has 0 saturated carbocycles. The Balaban J connectivity index is 1.75. The van der Waals surface area contributed by atoms with Gasteiger partial charge in [0.05, 0.1) is 16.9 Å². The SMILES string of the molecule is NC(=O)c1ccc(N2CCCCC2)c(NC(=O)CCc2ccccc2C(=O)O)c1. The highest BCUT2D eigenvalue weighted by Crippen LogP contribution is 2.30. The van der Waals surface area contributed by atoms with Crippen LogP contribution in [0.15, 0.2) is 42.5 Å². The van der Waals surface area contributed by atoms with Crippen molar-refractivity contribution in [3.63, 3.8) is 0 Å². The van der Waals surface area contributed by atoms with Crippen LogP contribution in [0.3, 0.4) is 0 Å². The Bertz CT molecular complexity index is 920. The Hall–Kier alpha value is -3.35. The first-order valence-electron chi connectivity index (χ1n) is 9.75. The van der Waals surface area contributed by atoms with Crippen LogP contribution in [-0.4, -0.2) is 36.0 Å². The first-order valence-corrected chi connectivity index (χ1v) is 9.75. The van der Waals surface area contributed by atoms with Gasteiger partial charge in [0.15, 0.2) is 0 Å². The van der Waals surface area contributed by atoms with Gasteiger partial charge >= 0.3 is 5.97 Å². The highest BCUT2D eigenvalue weighted by molar-refractivity contribution is 5.99. The van der Waals surface area contributed by atoms with Crippen molar-refractivity contribution in [2.24, 2.45) is 5.73 Å². The van der Waals surface area contributed by atoms with Crippen molar-refractivity contribution in [1.29, 1.82) is 0 Å². The molecule has 0 radical (unpaired) electrons. The Morgan fingerprint density at radius 2 is 1.76 bits per heavy atom. The van der Waals surface area contributed by atoms with Gasteiger partial charge in [-0.15, -0.1) is 0 Å². The number of piperidine rings is 1. The first-order chi connectivity index (χ1) is 14.0. The maximum atomic E-state index is 12.6. The number of nitrogens with zero attached hydrogens (tertiary/aromatic N) is 1. The third kappa shape index (κ3) is 5.13. The second kappa shape index (κ2) is 9.23. The lowest BCUT2D eigenvalue weighted by Gasteiger charge is -2.30. The lowest BCUT2D eigenvalue weighted by molar-refractivity contribution is -0.116. The summed E-state index contributed by atoms with van der Waals surface area (Å²) in [5, 5.41) is 12.2. The van der Waals surface area contributed by atoms with Crippen LogP contribution < -0.4 is 16.0 Å². The number of aryl methyl sites for hydroxylation is 1. The van der Waals surface area contributed by atoms with E-state index in [-0.39, 0.29) is 17.9 Å². The summed E-state index contributed by atoms with van der Waals surface area (Å²) < 4.78 is 0. The predicted octanol–water partition coefficient (Wildman–Crippen LogP) is 3.05. The number of carboxylic acids is 1. The lowest BCUT2D eigenvalue weighted by Crippen LogP contribution is -2.30. The zero-order chi connectivity index (χ0) is 20.8. The van der Waals surface area contributed by atoms with Crippen molar-refractivity contribution < 1.29 is 19.5 Å². The number of carboxylic acid groups (broad SMARTS) is 1. The number of nitrogens with two attached hydrogens (primary N) is 1. The number of rotatable bonds is 7. The molecular formula is C22H25N3O4. The summed E-state index contributed by atoms with van der Waals surface area (Å²) in [7, 11) is 0. The highest BCUT2D eigenvalue weighted by atomic mass is 16.4. The molecule has 0 spiro atoms. The Morgan fingerprint density at radius 1 is 1.03 bits per heavy atom. The quantitative estimate of drug-likeness (QED) is 0.667. The number of carbonyl (C=O) groups excluding carboxylic acids is 2. The first kappa shape index (κ1) is 20.4. The minimum atomic E-state index is -1.01. The van der Waals surface area contributed by atoms with E-state index in [1.165, 1.54) is 12.5 Å². The van der Waals surface area contributed by atoms with Gasteiger partial charge < -0.3 is 21.1 Å². The topological polar surface area (TPSA) is 113 Å². The second-order valence-corrected chi connectivity index (χ2v) is 7.15. The van der Waals surface area contributed by atoms with Crippen molar-refractivity contribution in [3.05, 3.63) is 59.2 Å². The standard InChI is InChI=1S/C22H25N3O4/c23-21(27)16-8-10-19(25-12-4-1-5-13-25)18(14-16)24-20(26)11-9-15-6-2-3-7-17(15)22(28)29/h2-3,6-8,10,14H,1,4-5,9,11-13H2,(H2,23,27)(H,24,26)(H,28,29). The van der Waals surface area contributed by atoms with Gasteiger partial charge in [0.1, 0.15) is 0 Å². The van der Waals surface area contributed by atoms with E-state index in [0.717, 1.165) is 31.6 Å². The molecule has 1 aliphatic rings. The van der Waals surface area contributed by atoms with Crippen molar-refractivity contribution in [2.45, 2.75) is 32.1 Å². The average Bonchev–Trinajstić information content (AvgIpc) is 2.73. The monoisotopic (exact) mass is 395 g/mol. The molecule has 3 rings (SSSR count). The second-order valence-electron chi connectivity index (χ2n) is 7.15. The van der Waals surface area contributed by atoms with Crippen LogP contribution in [0.4, 0.5) is 11.4 Å². The summed E-state index contributed by atoms with van der Waals surface area (Å²) in [6.45, 7) is 1.79. The summed E-state index contributed by atoms with van der Waals surface area (Å²) in [5.74, 6) is -1.81. The number of hydrogen-bond donors (Lipinski definition) is 3. The highest BCUT2D eigenvalue weighted by Gasteiger charge is 2.18. The maximum Gasteiger partial charge on any atom is 0.335 e. The fraction of sp³-hybridized carbons (Fsp3) is 0.318. The molecule has 1 saturated heterocycles. The van der Waals surface area contributed by atoms with E-state index in [0.29, 0.717) is 23.2 Å². The fourth-order valence-electron chi connectivity index (χ4n) is 3.61. The zero-order valence-electron chi connectivity index (χ0n) is 16.2. The lowest BCUT2D eigenvalue weighted by atomic mass is 10.0. The summed E-state index contributed by atoms with van der Waals surface area (Å²) in [5.41, 5.74) is 7.96. The van der Waals surface area contributed by atoms with Gasteiger partial charge in [0.25, 0.3) is 0 Å². The van der Waals surface area contributed by atoms with Crippen LogP contribution in [0.1, 0.15) is 52.0 Å². The average molecular weight is 395 g/mol. The predicted molar refractivity (Wildman–Crippen MR) is 111 cm³/mol. The fourth-order valence-corrected chi connectivity index (χ4v) is 3.61. The van der Waals surface area contributed by atoms with Crippen LogP contribution in [0.25, 0.3) is 0 Å². The molecule has 29 heavy (non-hydrogen) atoms. The molecule has 4 N–H and O–H groups in total. The van der Waals surface area contributed by atoms with Gasteiger partial charge in [-0.25, -0.2) is 4.79 Å². The van der Waals surface area contributed by atoms with E-state index >= 15 is 0 Å². The molecule has 2 amide bonds. The molecule has 0 bridgehead atoms. The van der Waals surface area contributed by atoms with Gasteiger partial charge in [0, 0.05) is 25.1 Å². The van der Waals surface area contributed by atoms with Crippen molar-refractivity contribution in [1.82, 2.24) is 0 Å². The number of aromatic carboxylic acids is 1. The molecule has 7 heteroatoms. The summed E-state index contributed by atoms with van der Waals surface area (Å²) in [6.07, 6.45) is 3.78. The number of hydrogen-bond acceptors (Lipinski definition) is 4. The molecule has 1 heterocycles. The molecule has 1 fully saturated rings. The minimum Gasteiger partial charge on any atom is -0.478 e. The van der Waals surface area contributed by atoms with Gasteiger partial charge in [-0.1, -0.05) is 18.2 Å². The Morgan fingerprint density at radius 3 is 2.45 bits per heavy atom. The van der Waals surface area contributed by atoms with E-state index in [9.17, 15) is 19.5 Å². The van der Waals surface area contributed by atoms with E-state index in [4.69, 9.17) is 5.73 Å². The van der Waals surface area contributed by atoms with Crippen molar-refractivity contribution in [3.8, 4) is 0 Å². The van der Waals surface area contributed by atoms with E-state index < -0.39 is 11.9 Å². The summed E-state index contributed by atoms with van der Waals surface area (Å²) in [6, 6.07) is 11.8. The summed E-state index contributed by atoms with van der Waals surface area (Å²) in [4.78, 5) is 37.7. The van der Waals surface area contributed by atoms with Crippen LogP contribution in [0.2, 0.25) is 0 Å². The largest absolute Gasteiger partial charge is 0.478 e. The Labute approximate surface area is 169 Å². The van der Waals surface area contributed by atoms with Crippen LogP contribution in [0.5, 0.6) is 0 Å². The number of carbonyl (C=O) groups is 3. The minimum absolute atomic E-state index is 0.129. The zero-order valence-corrected chi connectivity index (χ0v) is 16.2. The van der Waals surface area contributed by atoms with Crippen LogP contribution in [0, 0.1) is 0 Å². The summed E-state index contributed by atoms with van der Waals surface area (Å²) >= 11 is 0. The normalized spacial score (nSPS) is 13.7. The number of anilines is 2. The van der Waals surface area contributed by atoms with Crippen molar-refractivity contribution >= 4 is 29.2 Å². The van der Waals surface area contributed by atoms with Gasteiger partial charge in [-0.05, 0) is 55.5 Å². The van der Waals surface area contributed by atoms with E-state index in [2.05, 4.69) is 10.2 Å². The number of amides is 2. The molecule has 2 aromatic carbocycles. The number of primary amides is 1. The maximum absolute atomic E-state index is 12.6. The Kier molecular flexibility index (Phi) is 6.49. The third-order valence-corrected chi connectivity index (χ3v) is 5.12. The van der Waals surface area contributed by atoms with Gasteiger partial charge in [0.2, 0.25) is 11.8 Å². The van der Waals surface area contributed by atoms with Crippen LogP contribution in [-0.2, 0) is 11.2 Å². The molecule has 0 atom stereocenters. The van der Waals surface area contributed by atoms with E-state index in [1.807, 2.05) is 6.07 Å². The molecule has 1 aliphatic heterocycles. The van der Waals surface area contributed by atoms with Crippen molar-refractivity contribution in [2.75, 3.05) is 23.3 Å². The third-order valence-electron chi connectivity index (χ3n) is 5.12. The molecule has 152 valence electrons. The van der Waals surface area contributed by atoms with Crippen LogP contribution >= 0.6 is 0 Å². The van der Waals surface area contributed by atoms with Gasteiger partial charge in [-0.2, -0.15) is 0 Å². The molecule has 0 unspecified atom stereocenters. The molecule has 0 aromatic heterocycles. The number of nitrogens with one attached hydrogen (secondary N) is 1. The molecule has 0 aliphatic carbocycles. The van der Waals surface area contributed by atoms with E-state index in [1.54, 1.807) is 30.3 Å². The molecule has 7 nitrogen and oxygen atoms in total.